The first-order chi connectivity index (χ1) is 7.95. The fraction of sp³-hybridized carbons (Fsp3) is 0.538. The summed E-state index contributed by atoms with van der Waals surface area (Å²) in [5, 5.41) is 9.80. The van der Waals surface area contributed by atoms with Crippen molar-refractivity contribution in [3.8, 4) is 5.75 Å². The molecule has 4 heteroatoms. The highest BCUT2D eigenvalue weighted by Gasteiger charge is 2.19. The molecular weight excluding hydrogens is 238 g/mol. The maximum atomic E-state index is 9.03. The van der Waals surface area contributed by atoms with Gasteiger partial charge in [-0.15, -0.1) is 0 Å². The lowest BCUT2D eigenvalue weighted by atomic mass is 10.0. The number of aliphatic hydroxyl groups excluding tert-OH is 1. The van der Waals surface area contributed by atoms with Gasteiger partial charge in [-0.25, -0.2) is 0 Å². The van der Waals surface area contributed by atoms with E-state index in [0.29, 0.717) is 6.54 Å². The number of rotatable bonds is 4. The zero-order chi connectivity index (χ0) is 13.2. The van der Waals surface area contributed by atoms with Crippen molar-refractivity contribution in [2.24, 2.45) is 0 Å². The molecule has 0 aliphatic heterocycles. The molecule has 0 amide bonds. The Bertz CT molecular complexity index is 419. The summed E-state index contributed by atoms with van der Waals surface area (Å²) >= 11 is 6.32. The van der Waals surface area contributed by atoms with Crippen molar-refractivity contribution in [2.75, 3.05) is 32.2 Å². The van der Waals surface area contributed by atoms with Gasteiger partial charge in [-0.3, -0.25) is 0 Å². The summed E-state index contributed by atoms with van der Waals surface area (Å²) in [4.78, 5) is 1.96. The molecule has 0 aliphatic rings. The predicted octanol–water partition coefficient (Wildman–Crippen LogP) is 2.70. The van der Waals surface area contributed by atoms with Gasteiger partial charge < -0.3 is 14.7 Å². The molecule has 3 nitrogen and oxygen atoms in total. The first-order valence-corrected chi connectivity index (χ1v) is 5.98. The van der Waals surface area contributed by atoms with Crippen LogP contribution in [0.1, 0.15) is 16.7 Å². The minimum atomic E-state index is 0.101. The Morgan fingerprint density at radius 2 is 1.76 bits per heavy atom. The van der Waals surface area contributed by atoms with E-state index >= 15 is 0 Å². The van der Waals surface area contributed by atoms with Crippen LogP contribution in [0.2, 0.25) is 5.02 Å². The molecule has 0 heterocycles. The van der Waals surface area contributed by atoms with E-state index in [4.69, 9.17) is 21.4 Å². The summed E-state index contributed by atoms with van der Waals surface area (Å²) in [5.74, 6) is 0.834. The first kappa shape index (κ1) is 14.1. The Balaban J connectivity index is 3.46. The lowest BCUT2D eigenvalue weighted by Crippen LogP contribution is -2.23. The average molecular weight is 258 g/mol. The summed E-state index contributed by atoms with van der Waals surface area (Å²) < 4.78 is 5.48. The number of halogens is 1. The van der Waals surface area contributed by atoms with Crippen LogP contribution in [-0.4, -0.2) is 32.4 Å². The minimum absolute atomic E-state index is 0.101. The van der Waals surface area contributed by atoms with Crippen LogP contribution in [0.5, 0.6) is 5.75 Å². The number of hydrogen-bond donors (Lipinski definition) is 1. The summed E-state index contributed by atoms with van der Waals surface area (Å²) in [5.41, 5.74) is 4.03. The number of likely N-dealkylation sites (N-methyl/N-ethyl adjacent to an activating group) is 1. The summed E-state index contributed by atoms with van der Waals surface area (Å²) in [7, 11) is 3.58. The van der Waals surface area contributed by atoms with Gasteiger partial charge in [0, 0.05) is 18.6 Å². The molecule has 0 unspecified atom stereocenters. The van der Waals surface area contributed by atoms with Crippen molar-refractivity contribution in [1.82, 2.24) is 0 Å². The monoisotopic (exact) mass is 257 g/mol. The minimum Gasteiger partial charge on any atom is -0.494 e. The van der Waals surface area contributed by atoms with Gasteiger partial charge in [-0.1, -0.05) is 11.6 Å². The predicted molar refractivity (Wildman–Crippen MR) is 72.6 cm³/mol. The van der Waals surface area contributed by atoms with Crippen LogP contribution in [0.4, 0.5) is 5.69 Å². The van der Waals surface area contributed by atoms with E-state index in [-0.39, 0.29) is 6.61 Å². The van der Waals surface area contributed by atoms with E-state index in [2.05, 4.69) is 0 Å². The van der Waals surface area contributed by atoms with Gasteiger partial charge in [0.15, 0.2) is 0 Å². The highest BCUT2D eigenvalue weighted by Crippen LogP contribution is 2.41. The number of ether oxygens (including phenoxy) is 1. The van der Waals surface area contributed by atoms with Crippen LogP contribution in [0.15, 0.2) is 0 Å². The van der Waals surface area contributed by atoms with Crippen LogP contribution in [-0.2, 0) is 0 Å². The molecule has 0 saturated carbocycles. The quantitative estimate of drug-likeness (QED) is 0.900. The Hall–Kier alpha value is -0.930. The third-order valence-corrected chi connectivity index (χ3v) is 3.72. The number of methoxy groups -OCH3 is 1. The number of hydrogen-bond acceptors (Lipinski definition) is 3. The molecule has 0 atom stereocenters. The molecule has 17 heavy (non-hydrogen) atoms. The van der Waals surface area contributed by atoms with E-state index in [0.717, 1.165) is 33.1 Å². The van der Waals surface area contributed by atoms with Gasteiger partial charge in [0.25, 0.3) is 0 Å². The molecule has 0 aliphatic carbocycles. The second-order valence-corrected chi connectivity index (χ2v) is 4.59. The largest absolute Gasteiger partial charge is 0.494 e. The molecule has 0 bridgehead atoms. The van der Waals surface area contributed by atoms with Gasteiger partial charge in [-0.05, 0) is 37.5 Å². The van der Waals surface area contributed by atoms with E-state index in [1.54, 1.807) is 7.11 Å². The molecule has 1 aromatic rings. The third kappa shape index (κ3) is 2.50. The summed E-state index contributed by atoms with van der Waals surface area (Å²) in [6.45, 7) is 6.61. The second-order valence-electron chi connectivity index (χ2n) is 4.22. The van der Waals surface area contributed by atoms with Gasteiger partial charge in [0.05, 0.1) is 19.4 Å². The number of benzene rings is 1. The smallest absolute Gasteiger partial charge is 0.145 e. The lowest BCUT2D eigenvalue weighted by Gasteiger charge is -2.26. The van der Waals surface area contributed by atoms with Crippen molar-refractivity contribution in [2.45, 2.75) is 20.8 Å². The fourth-order valence-electron chi connectivity index (χ4n) is 2.04. The van der Waals surface area contributed by atoms with Gasteiger partial charge in [0.2, 0.25) is 0 Å². The molecular formula is C13H20ClNO2. The second kappa shape index (κ2) is 5.61. The Kier molecular flexibility index (Phi) is 4.66. The van der Waals surface area contributed by atoms with Crippen molar-refractivity contribution < 1.29 is 9.84 Å². The number of nitrogens with zero attached hydrogens (tertiary/aromatic N) is 1. The van der Waals surface area contributed by atoms with E-state index in [1.165, 1.54) is 0 Å². The summed E-state index contributed by atoms with van der Waals surface area (Å²) in [6.07, 6.45) is 0. The zero-order valence-corrected chi connectivity index (χ0v) is 11.9. The highest BCUT2D eigenvalue weighted by molar-refractivity contribution is 6.32. The van der Waals surface area contributed by atoms with Gasteiger partial charge in [0.1, 0.15) is 5.75 Å². The van der Waals surface area contributed by atoms with Crippen LogP contribution < -0.4 is 9.64 Å². The molecule has 1 rings (SSSR count). The standard InChI is InChI=1S/C13H20ClNO2/c1-8-9(2)13(17-5)12(10(3)11(8)14)15(4)6-7-16/h16H,6-7H2,1-5H3. The number of aliphatic hydroxyl groups is 1. The molecule has 0 saturated heterocycles. The average Bonchev–Trinajstić information content (AvgIpc) is 2.31. The van der Waals surface area contributed by atoms with Gasteiger partial charge >= 0.3 is 0 Å². The Morgan fingerprint density at radius 3 is 2.24 bits per heavy atom. The van der Waals surface area contributed by atoms with Crippen molar-refractivity contribution >= 4 is 17.3 Å². The third-order valence-electron chi connectivity index (χ3n) is 3.15. The maximum Gasteiger partial charge on any atom is 0.145 e. The maximum absolute atomic E-state index is 9.03. The normalized spacial score (nSPS) is 10.5. The van der Waals surface area contributed by atoms with Crippen LogP contribution in [0, 0.1) is 20.8 Å². The molecule has 0 aromatic heterocycles. The zero-order valence-electron chi connectivity index (χ0n) is 11.1. The van der Waals surface area contributed by atoms with Crippen LogP contribution >= 0.6 is 11.6 Å². The van der Waals surface area contributed by atoms with E-state index in [9.17, 15) is 0 Å². The highest BCUT2D eigenvalue weighted by atomic mass is 35.5. The van der Waals surface area contributed by atoms with Crippen LogP contribution in [0.25, 0.3) is 0 Å². The Morgan fingerprint density at radius 1 is 1.18 bits per heavy atom. The molecule has 0 spiro atoms. The fourth-order valence-corrected chi connectivity index (χ4v) is 2.27. The van der Waals surface area contributed by atoms with E-state index in [1.807, 2.05) is 32.7 Å². The molecule has 1 aromatic carbocycles. The molecule has 1 N–H and O–H groups in total. The van der Waals surface area contributed by atoms with E-state index < -0.39 is 0 Å². The SMILES string of the molecule is COc1c(C)c(C)c(Cl)c(C)c1N(C)CCO. The number of anilines is 1. The van der Waals surface area contributed by atoms with Crippen LogP contribution in [0.3, 0.4) is 0 Å². The Labute approximate surface area is 108 Å². The molecule has 0 fully saturated rings. The first-order valence-electron chi connectivity index (χ1n) is 5.60. The molecule has 0 radical (unpaired) electrons. The van der Waals surface area contributed by atoms with Crippen molar-refractivity contribution in [3.05, 3.63) is 21.7 Å². The topological polar surface area (TPSA) is 32.7 Å². The van der Waals surface area contributed by atoms with Gasteiger partial charge in [-0.2, -0.15) is 0 Å². The van der Waals surface area contributed by atoms with Crippen molar-refractivity contribution in [1.29, 1.82) is 0 Å². The molecule has 96 valence electrons. The van der Waals surface area contributed by atoms with Crippen molar-refractivity contribution in [3.63, 3.8) is 0 Å². The summed E-state index contributed by atoms with van der Waals surface area (Å²) in [6, 6.07) is 0. The lowest BCUT2D eigenvalue weighted by molar-refractivity contribution is 0.303.